The number of halogens is 1. The smallest absolute Gasteiger partial charge is 0.262 e. The van der Waals surface area contributed by atoms with Crippen LogP contribution in [0.5, 0.6) is 5.75 Å². The van der Waals surface area contributed by atoms with Crippen molar-refractivity contribution in [2.24, 2.45) is 0 Å². The summed E-state index contributed by atoms with van der Waals surface area (Å²) in [7, 11) is 0. The number of nitrogens with zero attached hydrogens (tertiary/aromatic N) is 4. The molecule has 35 heavy (non-hydrogen) atoms. The van der Waals surface area contributed by atoms with Gasteiger partial charge < -0.3 is 5.11 Å². The summed E-state index contributed by atoms with van der Waals surface area (Å²) in [4.78, 5) is 24.7. The van der Waals surface area contributed by atoms with Crippen LogP contribution in [0.2, 0.25) is 0 Å². The quantitative estimate of drug-likeness (QED) is 0.313. The monoisotopic (exact) mass is 504 g/mol. The first kappa shape index (κ1) is 23.1. The molecular weight excluding hydrogens is 483 g/mol. The zero-order chi connectivity index (χ0) is 24.5. The first-order valence-electron chi connectivity index (χ1n) is 11.0. The van der Waals surface area contributed by atoms with Crippen LogP contribution in [0.25, 0.3) is 31.7 Å². The first-order chi connectivity index (χ1) is 16.9. The van der Waals surface area contributed by atoms with E-state index < -0.39 is 11.6 Å². The average Bonchev–Trinajstić information content (AvgIpc) is 3.50. The van der Waals surface area contributed by atoms with Crippen molar-refractivity contribution in [2.45, 2.75) is 26.8 Å². The number of para-hydroxylation sites is 1. The van der Waals surface area contributed by atoms with Gasteiger partial charge in [0.1, 0.15) is 11.6 Å². The van der Waals surface area contributed by atoms with Gasteiger partial charge in [0.25, 0.3) is 5.56 Å². The van der Waals surface area contributed by atoms with Gasteiger partial charge in [-0.25, -0.2) is 14.4 Å². The van der Waals surface area contributed by atoms with Crippen LogP contribution in [0.1, 0.15) is 17.1 Å². The third-order valence-corrected chi connectivity index (χ3v) is 7.71. The molecule has 2 aromatic carbocycles. The van der Waals surface area contributed by atoms with E-state index in [4.69, 9.17) is 4.98 Å². The molecule has 0 bridgehead atoms. The molecule has 9 heteroatoms. The van der Waals surface area contributed by atoms with Gasteiger partial charge in [0.2, 0.25) is 0 Å². The highest BCUT2D eigenvalue weighted by atomic mass is 32.1. The molecule has 0 aliphatic carbocycles. The van der Waals surface area contributed by atoms with E-state index in [2.05, 4.69) is 9.36 Å². The zero-order valence-corrected chi connectivity index (χ0v) is 20.7. The molecule has 0 saturated heterocycles. The minimum atomic E-state index is -0.761. The summed E-state index contributed by atoms with van der Waals surface area (Å²) < 4.78 is 20.0. The number of rotatable bonds is 6. The standard InChI is InChI=1S/C26H21FN4O2S2/c1-15-22(20-11-12-21(34-20)25-29-16(2)30-35-25)26(33)31(14-13-17-7-4-3-5-8-17)24(28-15)18-9-6-10-19(27)23(18)32/h3-12,32H,13-14H2,1-2H3. The van der Waals surface area contributed by atoms with E-state index in [1.165, 1.54) is 39.6 Å². The van der Waals surface area contributed by atoms with Gasteiger partial charge in [-0.15, -0.1) is 11.3 Å². The van der Waals surface area contributed by atoms with Crippen LogP contribution in [-0.2, 0) is 13.0 Å². The average molecular weight is 505 g/mol. The lowest BCUT2D eigenvalue weighted by Gasteiger charge is -2.16. The van der Waals surface area contributed by atoms with Crippen molar-refractivity contribution in [2.75, 3.05) is 0 Å². The van der Waals surface area contributed by atoms with Crippen LogP contribution in [0, 0.1) is 19.7 Å². The van der Waals surface area contributed by atoms with Gasteiger partial charge in [0.15, 0.2) is 16.6 Å². The van der Waals surface area contributed by atoms with Crippen LogP contribution in [0.3, 0.4) is 0 Å². The SMILES string of the molecule is Cc1nsc(-c2ccc(-c3c(C)nc(-c4cccc(F)c4O)n(CCc4ccccc4)c3=O)s2)n1. The summed E-state index contributed by atoms with van der Waals surface area (Å²) in [6.07, 6.45) is 0.577. The molecule has 0 spiro atoms. The second-order valence-electron chi connectivity index (χ2n) is 8.03. The molecule has 1 N–H and O–H groups in total. The molecule has 0 fully saturated rings. The van der Waals surface area contributed by atoms with E-state index in [1.807, 2.05) is 49.4 Å². The Morgan fingerprint density at radius 1 is 0.971 bits per heavy atom. The van der Waals surface area contributed by atoms with Gasteiger partial charge in [0, 0.05) is 11.4 Å². The maximum Gasteiger partial charge on any atom is 0.262 e. The van der Waals surface area contributed by atoms with Crippen molar-refractivity contribution >= 4 is 22.9 Å². The van der Waals surface area contributed by atoms with Crippen LogP contribution in [0.4, 0.5) is 4.39 Å². The Bertz CT molecular complexity index is 1570. The maximum atomic E-state index is 14.2. The summed E-state index contributed by atoms with van der Waals surface area (Å²) in [5.74, 6) is -0.338. The van der Waals surface area contributed by atoms with Crippen LogP contribution in [0.15, 0.2) is 65.5 Å². The molecule has 0 aliphatic heterocycles. The lowest BCUT2D eigenvalue weighted by molar-refractivity contribution is 0.433. The minimum Gasteiger partial charge on any atom is -0.504 e. The van der Waals surface area contributed by atoms with Crippen molar-refractivity contribution in [3.8, 4) is 37.5 Å². The second-order valence-corrected chi connectivity index (χ2v) is 9.87. The summed E-state index contributed by atoms with van der Waals surface area (Å²) >= 11 is 2.77. The van der Waals surface area contributed by atoms with E-state index in [0.29, 0.717) is 30.0 Å². The predicted octanol–water partition coefficient (Wildman–Crippen LogP) is 5.86. The molecule has 0 atom stereocenters. The Morgan fingerprint density at radius 2 is 1.74 bits per heavy atom. The van der Waals surface area contributed by atoms with E-state index in [0.717, 1.165) is 20.3 Å². The number of aromatic nitrogens is 4. The first-order valence-corrected chi connectivity index (χ1v) is 12.6. The van der Waals surface area contributed by atoms with E-state index in [-0.39, 0.29) is 16.9 Å². The molecule has 176 valence electrons. The van der Waals surface area contributed by atoms with Gasteiger partial charge in [-0.1, -0.05) is 36.4 Å². The molecule has 0 amide bonds. The summed E-state index contributed by atoms with van der Waals surface area (Å²) in [5, 5.41) is 11.2. The largest absolute Gasteiger partial charge is 0.504 e. The topological polar surface area (TPSA) is 80.9 Å². The fraction of sp³-hybridized carbons (Fsp3) is 0.154. The van der Waals surface area contributed by atoms with Crippen molar-refractivity contribution in [1.82, 2.24) is 18.9 Å². The Hall–Kier alpha value is -3.69. The second kappa shape index (κ2) is 9.52. The van der Waals surface area contributed by atoms with Gasteiger partial charge in [-0.05, 0) is 61.6 Å². The number of phenolic OH excluding ortho intramolecular Hbond substituents is 1. The van der Waals surface area contributed by atoms with Crippen LogP contribution < -0.4 is 5.56 Å². The van der Waals surface area contributed by atoms with E-state index in [9.17, 15) is 14.3 Å². The van der Waals surface area contributed by atoms with E-state index >= 15 is 0 Å². The Labute approximate surface area is 209 Å². The van der Waals surface area contributed by atoms with E-state index in [1.54, 1.807) is 13.0 Å². The van der Waals surface area contributed by atoms with Gasteiger partial charge >= 0.3 is 0 Å². The number of phenols is 1. The van der Waals surface area contributed by atoms with Gasteiger partial charge in [0.05, 0.1) is 21.7 Å². The number of thiophene rings is 1. The molecule has 0 aliphatic rings. The Morgan fingerprint density at radius 3 is 2.49 bits per heavy atom. The van der Waals surface area contributed by atoms with Crippen molar-refractivity contribution in [1.29, 1.82) is 0 Å². The Balaban J connectivity index is 1.65. The molecule has 0 unspecified atom stereocenters. The number of hydrogen-bond donors (Lipinski definition) is 1. The number of aromatic hydroxyl groups is 1. The summed E-state index contributed by atoms with van der Waals surface area (Å²) in [6, 6.07) is 17.9. The molecule has 6 nitrogen and oxygen atoms in total. The molecule has 0 radical (unpaired) electrons. The molecule has 0 saturated carbocycles. The highest BCUT2D eigenvalue weighted by molar-refractivity contribution is 7.22. The number of benzene rings is 2. The van der Waals surface area contributed by atoms with Crippen LogP contribution >= 0.6 is 22.9 Å². The highest BCUT2D eigenvalue weighted by Gasteiger charge is 2.21. The zero-order valence-electron chi connectivity index (χ0n) is 19.0. The predicted molar refractivity (Wildman–Crippen MR) is 137 cm³/mol. The molecule has 3 aromatic heterocycles. The van der Waals surface area contributed by atoms with Crippen molar-refractivity contribution < 1.29 is 9.50 Å². The molecule has 5 aromatic rings. The number of aryl methyl sites for hydroxylation is 3. The van der Waals surface area contributed by atoms with Gasteiger partial charge in [-0.2, -0.15) is 4.37 Å². The lowest BCUT2D eigenvalue weighted by Crippen LogP contribution is -2.27. The lowest BCUT2D eigenvalue weighted by atomic mass is 10.1. The molecule has 5 rings (SSSR count). The fourth-order valence-corrected chi connectivity index (χ4v) is 5.73. The summed E-state index contributed by atoms with van der Waals surface area (Å²) in [6.45, 7) is 3.92. The minimum absolute atomic E-state index is 0.181. The fourth-order valence-electron chi connectivity index (χ4n) is 3.92. The summed E-state index contributed by atoms with van der Waals surface area (Å²) in [5.41, 5.74) is 1.98. The molecule has 3 heterocycles. The normalized spacial score (nSPS) is 11.2. The third-order valence-electron chi connectivity index (χ3n) is 5.64. The highest BCUT2D eigenvalue weighted by Crippen LogP contribution is 2.36. The van der Waals surface area contributed by atoms with Crippen molar-refractivity contribution in [3.05, 3.63) is 93.9 Å². The van der Waals surface area contributed by atoms with Gasteiger partial charge in [-0.3, -0.25) is 9.36 Å². The number of hydrogen-bond acceptors (Lipinski definition) is 7. The molecular formula is C26H21FN4O2S2. The van der Waals surface area contributed by atoms with Crippen molar-refractivity contribution in [3.63, 3.8) is 0 Å². The third kappa shape index (κ3) is 4.52. The Kier molecular flexibility index (Phi) is 6.27. The van der Waals surface area contributed by atoms with Crippen LogP contribution in [-0.4, -0.2) is 24.0 Å². The maximum absolute atomic E-state index is 14.2.